The summed E-state index contributed by atoms with van der Waals surface area (Å²) >= 11 is 0. The summed E-state index contributed by atoms with van der Waals surface area (Å²) in [6.45, 7) is 5.01. The van der Waals surface area contributed by atoms with Crippen molar-refractivity contribution in [2.45, 2.75) is 26.4 Å². The molecule has 2 aromatic carbocycles. The van der Waals surface area contributed by atoms with Gasteiger partial charge >= 0.3 is 0 Å². The monoisotopic (exact) mass is 379 g/mol. The maximum absolute atomic E-state index is 6.02. The molecule has 0 saturated carbocycles. The van der Waals surface area contributed by atoms with Gasteiger partial charge in [0.2, 0.25) is 5.95 Å². The fraction of sp³-hybridized carbons (Fsp3) is 0.333. The summed E-state index contributed by atoms with van der Waals surface area (Å²) in [5, 5.41) is 3.05. The second kappa shape index (κ2) is 7.42. The number of hydrogen-bond acceptors (Lipinski definition) is 6. The predicted octanol–water partition coefficient (Wildman–Crippen LogP) is 3.76. The molecule has 0 bridgehead atoms. The first-order chi connectivity index (χ1) is 13.6. The fourth-order valence-electron chi connectivity index (χ4n) is 3.31. The number of imidazole rings is 1. The number of anilines is 1. The molecule has 0 radical (unpaired) electrons. The second-order valence-corrected chi connectivity index (χ2v) is 7.25. The summed E-state index contributed by atoms with van der Waals surface area (Å²) < 4.78 is 13.5. The largest absolute Gasteiger partial charge is 0.493 e. The van der Waals surface area contributed by atoms with Crippen molar-refractivity contribution in [1.29, 1.82) is 0 Å². The fourth-order valence-corrected chi connectivity index (χ4v) is 3.31. The minimum atomic E-state index is -0.331. The summed E-state index contributed by atoms with van der Waals surface area (Å²) in [7, 11) is 1.65. The molecular formula is C21H25N5O2. The van der Waals surface area contributed by atoms with Crippen molar-refractivity contribution in [1.82, 2.24) is 9.55 Å². The summed E-state index contributed by atoms with van der Waals surface area (Å²) in [5.41, 5.74) is 8.85. The number of nitrogens with one attached hydrogen (secondary N) is 1. The Hall–Kier alpha value is -3.22. The van der Waals surface area contributed by atoms with Crippen molar-refractivity contribution in [3.63, 3.8) is 0 Å². The first-order valence-electron chi connectivity index (χ1n) is 9.45. The third kappa shape index (κ3) is 3.35. The molecule has 1 atom stereocenters. The Morgan fingerprint density at radius 2 is 2.00 bits per heavy atom. The third-order valence-corrected chi connectivity index (χ3v) is 4.78. The van der Waals surface area contributed by atoms with Crippen LogP contribution in [0, 0.1) is 5.92 Å². The van der Waals surface area contributed by atoms with E-state index in [1.807, 2.05) is 47.0 Å². The van der Waals surface area contributed by atoms with Crippen LogP contribution in [-0.4, -0.2) is 29.2 Å². The van der Waals surface area contributed by atoms with Crippen LogP contribution in [0.4, 0.5) is 5.95 Å². The first-order valence-corrected chi connectivity index (χ1v) is 9.45. The maximum atomic E-state index is 6.02. The van der Waals surface area contributed by atoms with E-state index in [0.29, 0.717) is 30.2 Å². The van der Waals surface area contributed by atoms with Crippen LogP contribution in [0.2, 0.25) is 0 Å². The van der Waals surface area contributed by atoms with Gasteiger partial charge in [0.05, 0.1) is 24.8 Å². The van der Waals surface area contributed by atoms with Crippen LogP contribution in [-0.2, 0) is 0 Å². The highest BCUT2D eigenvalue weighted by Gasteiger charge is 2.25. The molecule has 0 fully saturated rings. The number of methoxy groups -OCH3 is 1. The lowest BCUT2D eigenvalue weighted by atomic mass is 10.1. The highest BCUT2D eigenvalue weighted by Crippen LogP contribution is 2.36. The van der Waals surface area contributed by atoms with Crippen LogP contribution < -0.4 is 20.5 Å². The smallest absolute Gasteiger partial charge is 0.212 e. The molecule has 7 nitrogen and oxygen atoms in total. The Morgan fingerprint density at radius 1 is 1.18 bits per heavy atom. The highest BCUT2D eigenvalue weighted by molar-refractivity contribution is 5.94. The maximum Gasteiger partial charge on any atom is 0.212 e. The van der Waals surface area contributed by atoms with Gasteiger partial charge in [0.1, 0.15) is 0 Å². The van der Waals surface area contributed by atoms with E-state index in [1.165, 1.54) is 0 Å². The first kappa shape index (κ1) is 18.2. The summed E-state index contributed by atoms with van der Waals surface area (Å²) in [5.74, 6) is 3.01. The van der Waals surface area contributed by atoms with E-state index in [9.17, 15) is 0 Å². The number of para-hydroxylation sites is 2. The number of hydrogen-bond donors (Lipinski definition) is 2. The Bertz CT molecular complexity index is 1020. The van der Waals surface area contributed by atoms with Crippen LogP contribution in [0.15, 0.2) is 47.5 Å². The zero-order valence-electron chi connectivity index (χ0n) is 16.3. The number of guanidine groups is 1. The topological polar surface area (TPSA) is 86.7 Å². The van der Waals surface area contributed by atoms with E-state index in [4.69, 9.17) is 15.2 Å². The number of nitrogens with zero attached hydrogens (tertiary/aromatic N) is 3. The Labute approximate surface area is 164 Å². The molecule has 146 valence electrons. The average Bonchev–Trinajstić information content (AvgIpc) is 3.05. The van der Waals surface area contributed by atoms with Crippen molar-refractivity contribution in [3.05, 3.63) is 48.0 Å². The predicted molar refractivity (Wildman–Crippen MR) is 111 cm³/mol. The molecule has 1 aliphatic heterocycles. The molecule has 2 heterocycles. The number of fused-ring (bicyclic) bond motifs is 3. The number of ether oxygens (including phenoxy) is 2. The van der Waals surface area contributed by atoms with Crippen LogP contribution in [0.1, 0.15) is 32.0 Å². The number of aliphatic imine (C=N–C) groups is 1. The Balaban J connectivity index is 1.71. The van der Waals surface area contributed by atoms with Gasteiger partial charge in [-0.05, 0) is 36.6 Å². The molecule has 7 heteroatoms. The van der Waals surface area contributed by atoms with Gasteiger partial charge in [-0.15, -0.1) is 0 Å². The molecule has 1 aliphatic rings. The number of nitrogens with two attached hydrogens (primary N) is 1. The molecule has 0 spiro atoms. The normalized spacial score (nSPS) is 15.9. The molecule has 1 aromatic heterocycles. The highest BCUT2D eigenvalue weighted by atomic mass is 16.5. The number of benzene rings is 2. The van der Waals surface area contributed by atoms with Gasteiger partial charge in [0, 0.05) is 5.56 Å². The van der Waals surface area contributed by atoms with Crippen LogP contribution >= 0.6 is 0 Å². The quantitative estimate of drug-likeness (QED) is 0.681. The molecule has 0 aliphatic carbocycles. The number of aromatic nitrogens is 2. The van der Waals surface area contributed by atoms with Gasteiger partial charge in [-0.2, -0.15) is 0 Å². The lowest BCUT2D eigenvalue weighted by molar-refractivity contribution is 0.272. The second-order valence-electron chi connectivity index (χ2n) is 7.25. The standard InChI is InChI=1S/C21H25N5O2/c1-13(2)10-11-28-17-9-8-14(12-18(17)27-3)19-24-20(22)25-21-23-15-6-4-5-7-16(15)26(19)21/h4-9,12-13,19H,10-11H2,1-3H3,(H3,22,23,24,25)/t19-/m1/s1. The van der Waals surface area contributed by atoms with E-state index >= 15 is 0 Å². The molecule has 0 unspecified atom stereocenters. The van der Waals surface area contributed by atoms with Crippen LogP contribution in [0.5, 0.6) is 11.5 Å². The number of rotatable bonds is 6. The Kier molecular flexibility index (Phi) is 4.81. The third-order valence-electron chi connectivity index (χ3n) is 4.78. The zero-order chi connectivity index (χ0) is 19.7. The minimum Gasteiger partial charge on any atom is -0.493 e. The molecule has 0 saturated heterocycles. The van der Waals surface area contributed by atoms with Crippen molar-refractivity contribution < 1.29 is 9.47 Å². The lowest BCUT2D eigenvalue weighted by Gasteiger charge is -2.24. The van der Waals surface area contributed by atoms with E-state index < -0.39 is 0 Å². The molecule has 0 amide bonds. The SMILES string of the molecule is COc1cc([C@@H]2N=C(N)Nc3nc4ccccc4n32)ccc1OCCC(C)C. The summed E-state index contributed by atoms with van der Waals surface area (Å²) in [6.07, 6.45) is 0.659. The van der Waals surface area contributed by atoms with E-state index in [2.05, 4.69) is 29.1 Å². The molecule has 28 heavy (non-hydrogen) atoms. The van der Waals surface area contributed by atoms with Gasteiger partial charge < -0.3 is 15.2 Å². The van der Waals surface area contributed by atoms with Crippen LogP contribution in [0.3, 0.4) is 0 Å². The van der Waals surface area contributed by atoms with Gasteiger partial charge in [-0.1, -0.05) is 32.0 Å². The van der Waals surface area contributed by atoms with Crippen molar-refractivity contribution in [3.8, 4) is 11.5 Å². The molecule has 3 N–H and O–H groups in total. The van der Waals surface area contributed by atoms with Gasteiger partial charge in [0.15, 0.2) is 23.6 Å². The van der Waals surface area contributed by atoms with Crippen molar-refractivity contribution in [2.75, 3.05) is 19.0 Å². The minimum absolute atomic E-state index is 0.331. The Morgan fingerprint density at radius 3 is 2.79 bits per heavy atom. The van der Waals surface area contributed by atoms with Gasteiger partial charge in [-0.3, -0.25) is 9.88 Å². The average molecular weight is 379 g/mol. The summed E-state index contributed by atoms with van der Waals surface area (Å²) in [6, 6.07) is 13.8. The summed E-state index contributed by atoms with van der Waals surface area (Å²) in [4.78, 5) is 9.25. The molecule has 3 aromatic rings. The van der Waals surface area contributed by atoms with Crippen molar-refractivity contribution in [2.24, 2.45) is 16.6 Å². The lowest BCUT2D eigenvalue weighted by Crippen LogP contribution is -2.31. The zero-order valence-corrected chi connectivity index (χ0v) is 16.3. The van der Waals surface area contributed by atoms with E-state index in [1.54, 1.807) is 7.11 Å². The van der Waals surface area contributed by atoms with Gasteiger partial charge in [-0.25, -0.2) is 9.98 Å². The molecule has 4 rings (SSSR count). The molecular weight excluding hydrogens is 354 g/mol. The van der Waals surface area contributed by atoms with Gasteiger partial charge in [0.25, 0.3) is 0 Å². The van der Waals surface area contributed by atoms with E-state index in [-0.39, 0.29) is 6.17 Å². The van der Waals surface area contributed by atoms with Crippen LogP contribution in [0.25, 0.3) is 11.0 Å². The van der Waals surface area contributed by atoms with E-state index in [0.717, 1.165) is 28.8 Å². The van der Waals surface area contributed by atoms with Crippen molar-refractivity contribution >= 4 is 22.9 Å².